The normalized spacial score (nSPS) is 16.8. The van der Waals surface area contributed by atoms with Gasteiger partial charge < -0.3 is 19.7 Å². The lowest BCUT2D eigenvalue weighted by Crippen LogP contribution is -2.50. The molecule has 1 aliphatic heterocycles. The highest BCUT2D eigenvalue weighted by Crippen LogP contribution is 2.29. The van der Waals surface area contributed by atoms with Crippen LogP contribution in [-0.2, 0) is 19.4 Å². The van der Waals surface area contributed by atoms with Crippen LogP contribution >= 0.6 is 0 Å². The SMILES string of the molecule is C=C(CO)c1cc(NC(=O)C(C)(C)S(=O)(=O)C2CCOCC2)no1. The first kappa shape index (κ1) is 18.6. The fourth-order valence-electron chi connectivity index (χ4n) is 2.38. The third-order valence-electron chi connectivity index (χ3n) is 4.16. The predicted octanol–water partition coefficient (Wildman–Crippen LogP) is 0.991. The van der Waals surface area contributed by atoms with Gasteiger partial charge in [0.05, 0.1) is 11.9 Å². The van der Waals surface area contributed by atoms with E-state index in [0.29, 0.717) is 31.6 Å². The van der Waals surface area contributed by atoms with Crippen LogP contribution in [0.4, 0.5) is 5.82 Å². The van der Waals surface area contributed by atoms with Gasteiger partial charge in [-0.25, -0.2) is 8.42 Å². The van der Waals surface area contributed by atoms with Gasteiger partial charge in [-0.05, 0) is 26.7 Å². The molecule has 1 amide bonds. The maximum absolute atomic E-state index is 12.8. The molecule has 1 aromatic heterocycles. The molecule has 134 valence electrons. The monoisotopic (exact) mass is 358 g/mol. The van der Waals surface area contributed by atoms with E-state index in [-0.39, 0.29) is 18.2 Å². The summed E-state index contributed by atoms with van der Waals surface area (Å²) in [6.07, 6.45) is 0.757. The van der Waals surface area contributed by atoms with Gasteiger partial charge in [0.2, 0.25) is 5.91 Å². The minimum Gasteiger partial charge on any atom is -0.392 e. The Bertz CT molecular complexity index is 716. The summed E-state index contributed by atoms with van der Waals surface area (Å²) >= 11 is 0. The highest BCUT2D eigenvalue weighted by Gasteiger charge is 2.46. The molecule has 1 aliphatic rings. The largest absolute Gasteiger partial charge is 0.392 e. The second-order valence-electron chi connectivity index (χ2n) is 6.16. The molecule has 0 saturated carbocycles. The fraction of sp³-hybridized carbons (Fsp3) is 0.600. The molecule has 8 nitrogen and oxygen atoms in total. The van der Waals surface area contributed by atoms with Crippen molar-refractivity contribution in [3.8, 4) is 0 Å². The van der Waals surface area contributed by atoms with Gasteiger partial charge in [0.15, 0.2) is 21.4 Å². The van der Waals surface area contributed by atoms with E-state index in [9.17, 15) is 13.2 Å². The van der Waals surface area contributed by atoms with Crippen LogP contribution in [0.5, 0.6) is 0 Å². The number of amides is 1. The quantitative estimate of drug-likeness (QED) is 0.778. The summed E-state index contributed by atoms with van der Waals surface area (Å²) in [5, 5.41) is 14.5. The van der Waals surface area contributed by atoms with Gasteiger partial charge >= 0.3 is 0 Å². The zero-order valence-electron chi connectivity index (χ0n) is 13.7. The molecule has 0 atom stereocenters. The number of carbonyl (C=O) groups is 1. The average Bonchev–Trinajstić information content (AvgIpc) is 3.03. The Morgan fingerprint density at radius 3 is 2.67 bits per heavy atom. The summed E-state index contributed by atoms with van der Waals surface area (Å²) in [5.41, 5.74) is 0.303. The van der Waals surface area contributed by atoms with Crippen LogP contribution in [0.15, 0.2) is 17.2 Å². The van der Waals surface area contributed by atoms with Gasteiger partial charge in [-0.15, -0.1) is 0 Å². The number of rotatable bonds is 6. The van der Waals surface area contributed by atoms with E-state index < -0.39 is 25.7 Å². The summed E-state index contributed by atoms with van der Waals surface area (Å²) in [4.78, 5) is 12.5. The molecule has 1 aromatic rings. The van der Waals surface area contributed by atoms with E-state index >= 15 is 0 Å². The number of ether oxygens (including phenoxy) is 1. The average molecular weight is 358 g/mol. The molecule has 0 bridgehead atoms. The lowest BCUT2D eigenvalue weighted by atomic mass is 10.2. The number of aliphatic hydroxyl groups is 1. The molecule has 1 fully saturated rings. The molecule has 0 unspecified atom stereocenters. The Labute approximate surface area is 140 Å². The van der Waals surface area contributed by atoms with Crippen molar-refractivity contribution in [2.45, 2.75) is 36.7 Å². The highest BCUT2D eigenvalue weighted by molar-refractivity contribution is 7.94. The number of sulfone groups is 1. The number of nitrogens with one attached hydrogen (secondary N) is 1. The lowest BCUT2D eigenvalue weighted by molar-refractivity contribution is -0.117. The molecule has 2 N–H and O–H groups in total. The smallest absolute Gasteiger partial charge is 0.246 e. The number of aliphatic hydroxyl groups excluding tert-OH is 1. The van der Waals surface area contributed by atoms with E-state index in [4.69, 9.17) is 14.4 Å². The molecular formula is C15H22N2O6S. The third kappa shape index (κ3) is 3.52. The Morgan fingerprint density at radius 2 is 2.08 bits per heavy atom. The van der Waals surface area contributed by atoms with Gasteiger partial charge in [-0.2, -0.15) is 0 Å². The lowest BCUT2D eigenvalue weighted by Gasteiger charge is -2.30. The molecular weight excluding hydrogens is 336 g/mol. The second kappa shape index (κ2) is 7.04. The van der Waals surface area contributed by atoms with Crippen LogP contribution in [0.1, 0.15) is 32.4 Å². The zero-order valence-corrected chi connectivity index (χ0v) is 14.6. The van der Waals surface area contributed by atoms with Crippen molar-refractivity contribution in [3.63, 3.8) is 0 Å². The van der Waals surface area contributed by atoms with Crippen LogP contribution in [0, 0.1) is 0 Å². The van der Waals surface area contributed by atoms with Crippen molar-refractivity contribution in [1.29, 1.82) is 0 Å². The Balaban J connectivity index is 2.14. The van der Waals surface area contributed by atoms with Gasteiger partial charge in [-0.1, -0.05) is 11.7 Å². The highest BCUT2D eigenvalue weighted by atomic mass is 32.2. The number of carbonyl (C=O) groups excluding carboxylic acids is 1. The molecule has 0 radical (unpaired) electrons. The summed E-state index contributed by atoms with van der Waals surface area (Å²) in [6.45, 7) is 6.76. The minimum absolute atomic E-state index is 0.0693. The molecule has 24 heavy (non-hydrogen) atoms. The van der Waals surface area contributed by atoms with E-state index in [1.807, 2.05) is 0 Å². The van der Waals surface area contributed by atoms with Crippen LogP contribution < -0.4 is 5.32 Å². The van der Waals surface area contributed by atoms with Crippen molar-refractivity contribution in [2.24, 2.45) is 0 Å². The van der Waals surface area contributed by atoms with E-state index in [1.165, 1.54) is 19.9 Å². The van der Waals surface area contributed by atoms with Crippen molar-refractivity contribution in [3.05, 3.63) is 18.4 Å². The summed E-state index contributed by atoms with van der Waals surface area (Å²) < 4.78 is 34.1. The van der Waals surface area contributed by atoms with Gasteiger partial charge in [0.1, 0.15) is 4.75 Å². The van der Waals surface area contributed by atoms with E-state index in [1.54, 1.807) is 0 Å². The summed E-state index contributed by atoms with van der Waals surface area (Å²) in [7, 11) is -3.70. The molecule has 0 aromatic carbocycles. The Morgan fingerprint density at radius 1 is 1.46 bits per heavy atom. The van der Waals surface area contributed by atoms with Gasteiger partial charge in [-0.3, -0.25) is 4.79 Å². The molecule has 0 spiro atoms. The van der Waals surface area contributed by atoms with Crippen molar-refractivity contribution in [2.75, 3.05) is 25.1 Å². The Hall–Kier alpha value is -1.71. The van der Waals surface area contributed by atoms with Crippen LogP contribution in [0.3, 0.4) is 0 Å². The third-order valence-corrected chi connectivity index (χ3v) is 7.11. The molecule has 9 heteroatoms. The summed E-state index contributed by atoms with van der Waals surface area (Å²) in [6, 6.07) is 1.38. The summed E-state index contributed by atoms with van der Waals surface area (Å²) in [5.74, 6) is -0.402. The second-order valence-corrected chi connectivity index (χ2v) is 8.94. The van der Waals surface area contributed by atoms with Gasteiger partial charge in [0.25, 0.3) is 0 Å². The fourth-order valence-corrected chi connectivity index (χ4v) is 4.33. The predicted molar refractivity (Wildman–Crippen MR) is 88.1 cm³/mol. The van der Waals surface area contributed by atoms with Crippen LogP contribution in [0.2, 0.25) is 0 Å². The standard InChI is InChI=1S/C15H22N2O6S/c1-10(9-18)12-8-13(17-23-12)16-14(19)15(2,3)24(20,21)11-4-6-22-7-5-11/h8,11,18H,1,4-7,9H2,2-3H3,(H,16,17,19). The first-order chi connectivity index (χ1) is 11.2. The molecule has 2 heterocycles. The van der Waals surface area contributed by atoms with Crippen molar-refractivity contribution in [1.82, 2.24) is 5.16 Å². The number of hydrogen-bond donors (Lipinski definition) is 2. The van der Waals surface area contributed by atoms with Crippen molar-refractivity contribution >= 4 is 27.1 Å². The zero-order chi connectivity index (χ0) is 18.0. The van der Waals surface area contributed by atoms with Gasteiger partial charge in [0, 0.05) is 24.9 Å². The maximum atomic E-state index is 12.8. The number of aromatic nitrogens is 1. The Kier molecular flexibility index (Phi) is 5.46. The molecule has 2 rings (SSSR count). The first-order valence-corrected chi connectivity index (χ1v) is 9.13. The van der Waals surface area contributed by atoms with E-state index in [0.717, 1.165) is 0 Å². The van der Waals surface area contributed by atoms with Crippen molar-refractivity contribution < 1.29 is 27.6 Å². The number of hydrogen-bond acceptors (Lipinski definition) is 7. The topological polar surface area (TPSA) is 119 Å². The minimum atomic E-state index is -3.70. The number of nitrogens with zero attached hydrogens (tertiary/aromatic N) is 1. The van der Waals surface area contributed by atoms with Crippen LogP contribution in [-0.4, -0.2) is 54.4 Å². The molecule has 0 aliphatic carbocycles. The van der Waals surface area contributed by atoms with Crippen LogP contribution in [0.25, 0.3) is 5.57 Å². The first-order valence-electron chi connectivity index (χ1n) is 7.58. The maximum Gasteiger partial charge on any atom is 0.246 e. The van der Waals surface area contributed by atoms with E-state index in [2.05, 4.69) is 17.1 Å². The molecule has 1 saturated heterocycles. The number of anilines is 1.